The lowest BCUT2D eigenvalue weighted by atomic mass is 9.87. The molecule has 1 N–H and O–H groups in total. The first-order valence-electron chi connectivity index (χ1n) is 8.43. The van der Waals surface area contributed by atoms with Crippen LogP contribution in [-0.2, 0) is 4.74 Å². The van der Waals surface area contributed by atoms with Gasteiger partial charge < -0.3 is 15.0 Å². The number of rotatable bonds is 9. The molecule has 1 aliphatic rings. The van der Waals surface area contributed by atoms with Crippen LogP contribution >= 0.6 is 0 Å². The summed E-state index contributed by atoms with van der Waals surface area (Å²) in [7, 11) is 1.79. The highest BCUT2D eigenvalue weighted by Crippen LogP contribution is 2.23. The first-order valence-corrected chi connectivity index (χ1v) is 8.43. The van der Waals surface area contributed by atoms with Crippen LogP contribution in [0.1, 0.15) is 53.4 Å². The summed E-state index contributed by atoms with van der Waals surface area (Å²) in [5.74, 6) is 0.848. The minimum atomic E-state index is 0.327. The molecule has 0 radical (unpaired) electrons. The molecule has 1 fully saturated rings. The number of hydrogen-bond donors (Lipinski definition) is 1. The van der Waals surface area contributed by atoms with Gasteiger partial charge in [-0.3, -0.25) is 0 Å². The predicted molar refractivity (Wildman–Crippen MR) is 87.2 cm³/mol. The lowest BCUT2D eigenvalue weighted by Gasteiger charge is -2.36. The molecule has 20 heavy (non-hydrogen) atoms. The Kier molecular flexibility index (Phi) is 8.08. The number of piperidine rings is 1. The summed E-state index contributed by atoms with van der Waals surface area (Å²) in [4.78, 5) is 2.62. The zero-order chi connectivity index (χ0) is 15.0. The summed E-state index contributed by atoms with van der Waals surface area (Å²) < 4.78 is 5.20. The van der Waals surface area contributed by atoms with Crippen LogP contribution in [-0.4, -0.2) is 50.8 Å². The molecule has 0 spiro atoms. The van der Waals surface area contributed by atoms with E-state index in [1.165, 1.54) is 38.9 Å². The Morgan fingerprint density at radius 1 is 1.30 bits per heavy atom. The van der Waals surface area contributed by atoms with E-state index < -0.39 is 0 Å². The van der Waals surface area contributed by atoms with E-state index in [4.69, 9.17) is 4.74 Å². The summed E-state index contributed by atoms with van der Waals surface area (Å²) in [5, 5.41) is 3.77. The first kappa shape index (κ1) is 17.9. The molecule has 120 valence electrons. The molecule has 1 rings (SSSR count). The fourth-order valence-corrected chi connectivity index (χ4v) is 3.06. The Balaban J connectivity index is 2.24. The molecule has 0 bridgehead atoms. The van der Waals surface area contributed by atoms with Crippen LogP contribution in [0.2, 0.25) is 0 Å². The van der Waals surface area contributed by atoms with Crippen molar-refractivity contribution in [3.8, 4) is 0 Å². The molecular formula is C17H36N2O. The largest absolute Gasteiger partial charge is 0.385 e. The van der Waals surface area contributed by atoms with E-state index in [9.17, 15) is 0 Å². The van der Waals surface area contributed by atoms with Crippen LogP contribution in [0.5, 0.6) is 0 Å². The van der Waals surface area contributed by atoms with E-state index in [1.54, 1.807) is 7.11 Å². The number of nitrogens with one attached hydrogen (secondary N) is 1. The number of ether oxygens (including phenoxy) is 1. The predicted octanol–water partition coefficient (Wildman–Crippen LogP) is 3.15. The van der Waals surface area contributed by atoms with Crippen LogP contribution in [0.4, 0.5) is 0 Å². The minimum absolute atomic E-state index is 0.327. The van der Waals surface area contributed by atoms with Crippen LogP contribution < -0.4 is 5.32 Å². The average molecular weight is 284 g/mol. The van der Waals surface area contributed by atoms with Gasteiger partial charge in [0.25, 0.3) is 0 Å². The fraction of sp³-hybridized carbons (Fsp3) is 1.00. The van der Waals surface area contributed by atoms with Gasteiger partial charge in [-0.05, 0) is 63.6 Å². The molecule has 1 saturated heterocycles. The second-order valence-electron chi connectivity index (χ2n) is 7.26. The third-order valence-electron chi connectivity index (χ3n) is 4.76. The summed E-state index contributed by atoms with van der Waals surface area (Å²) in [6.45, 7) is 15.1. The maximum absolute atomic E-state index is 5.20. The molecular weight excluding hydrogens is 248 g/mol. The van der Waals surface area contributed by atoms with Crippen molar-refractivity contribution in [1.82, 2.24) is 10.2 Å². The zero-order valence-electron chi connectivity index (χ0n) is 14.4. The average Bonchev–Trinajstić information content (AvgIpc) is 2.44. The summed E-state index contributed by atoms with van der Waals surface area (Å²) in [6, 6.07) is 0.639. The van der Waals surface area contributed by atoms with E-state index in [1.807, 2.05) is 0 Å². The quantitative estimate of drug-likeness (QED) is 0.704. The number of likely N-dealkylation sites (tertiary alicyclic amines) is 1. The maximum atomic E-state index is 5.20. The van der Waals surface area contributed by atoms with Gasteiger partial charge in [-0.15, -0.1) is 0 Å². The molecule has 0 amide bonds. The smallest absolute Gasteiger partial charge is 0.0467 e. The molecule has 1 heterocycles. The second kappa shape index (κ2) is 9.01. The molecule has 1 aliphatic heterocycles. The Hall–Kier alpha value is -0.120. The molecule has 0 aliphatic carbocycles. The highest BCUT2D eigenvalue weighted by Gasteiger charge is 2.25. The molecule has 0 aromatic carbocycles. The van der Waals surface area contributed by atoms with Crippen LogP contribution in [0.15, 0.2) is 0 Å². The summed E-state index contributed by atoms with van der Waals surface area (Å²) in [6.07, 6.45) is 5.11. The van der Waals surface area contributed by atoms with Gasteiger partial charge >= 0.3 is 0 Å². The van der Waals surface area contributed by atoms with Crippen LogP contribution in [0.3, 0.4) is 0 Å². The van der Waals surface area contributed by atoms with Crippen molar-refractivity contribution >= 4 is 0 Å². The Morgan fingerprint density at radius 3 is 2.50 bits per heavy atom. The lowest BCUT2D eigenvalue weighted by Crippen LogP contribution is -2.44. The number of methoxy groups -OCH3 is 1. The van der Waals surface area contributed by atoms with Gasteiger partial charge in [0, 0.05) is 26.3 Å². The van der Waals surface area contributed by atoms with Gasteiger partial charge in [-0.25, -0.2) is 0 Å². The topological polar surface area (TPSA) is 24.5 Å². The Bertz CT molecular complexity index is 247. The monoisotopic (exact) mass is 284 g/mol. The Morgan fingerprint density at radius 2 is 1.95 bits per heavy atom. The summed E-state index contributed by atoms with van der Waals surface area (Å²) in [5.41, 5.74) is 0.327. The molecule has 0 aromatic heterocycles. The minimum Gasteiger partial charge on any atom is -0.385 e. The molecule has 3 heteroatoms. The molecule has 3 nitrogen and oxygen atoms in total. The molecule has 0 saturated carbocycles. The van der Waals surface area contributed by atoms with Crippen LogP contribution in [0, 0.1) is 11.3 Å². The van der Waals surface area contributed by atoms with Gasteiger partial charge in [-0.2, -0.15) is 0 Å². The second-order valence-corrected chi connectivity index (χ2v) is 7.26. The SMILES string of the molecule is CCCN1CCC(C(C)NCC(C)(C)CCOC)CC1. The van der Waals surface area contributed by atoms with Crippen molar-refractivity contribution in [3.05, 3.63) is 0 Å². The van der Waals surface area contributed by atoms with Gasteiger partial charge in [0.1, 0.15) is 0 Å². The highest BCUT2D eigenvalue weighted by molar-refractivity contribution is 4.81. The maximum Gasteiger partial charge on any atom is 0.0467 e. The number of nitrogens with zero attached hydrogens (tertiary/aromatic N) is 1. The van der Waals surface area contributed by atoms with Crippen LogP contribution in [0.25, 0.3) is 0 Å². The fourth-order valence-electron chi connectivity index (χ4n) is 3.06. The van der Waals surface area contributed by atoms with E-state index in [0.29, 0.717) is 11.5 Å². The zero-order valence-corrected chi connectivity index (χ0v) is 14.4. The van der Waals surface area contributed by atoms with E-state index in [0.717, 1.165) is 25.5 Å². The number of hydrogen-bond acceptors (Lipinski definition) is 3. The van der Waals surface area contributed by atoms with Crippen molar-refractivity contribution in [2.24, 2.45) is 11.3 Å². The van der Waals surface area contributed by atoms with Crippen molar-refractivity contribution in [3.63, 3.8) is 0 Å². The molecule has 1 atom stereocenters. The molecule has 1 unspecified atom stereocenters. The van der Waals surface area contributed by atoms with Crippen molar-refractivity contribution in [2.75, 3.05) is 39.9 Å². The third kappa shape index (κ3) is 6.55. The lowest BCUT2D eigenvalue weighted by molar-refractivity contribution is 0.136. The highest BCUT2D eigenvalue weighted by atomic mass is 16.5. The third-order valence-corrected chi connectivity index (χ3v) is 4.76. The van der Waals surface area contributed by atoms with E-state index in [-0.39, 0.29) is 0 Å². The standard InChI is InChI=1S/C17H36N2O/c1-6-10-19-11-7-16(8-12-19)15(2)18-14-17(3,4)9-13-20-5/h15-16,18H,6-14H2,1-5H3. The molecule has 0 aromatic rings. The van der Waals surface area contributed by atoms with Gasteiger partial charge in [0.15, 0.2) is 0 Å². The van der Waals surface area contributed by atoms with Crippen molar-refractivity contribution in [2.45, 2.75) is 59.4 Å². The van der Waals surface area contributed by atoms with Crippen molar-refractivity contribution in [1.29, 1.82) is 0 Å². The normalized spacial score (nSPS) is 20.2. The van der Waals surface area contributed by atoms with Crippen molar-refractivity contribution < 1.29 is 4.74 Å². The van der Waals surface area contributed by atoms with Gasteiger partial charge in [0.05, 0.1) is 0 Å². The van der Waals surface area contributed by atoms with E-state index >= 15 is 0 Å². The summed E-state index contributed by atoms with van der Waals surface area (Å²) >= 11 is 0. The van der Waals surface area contributed by atoms with Gasteiger partial charge in [-0.1, -0.05) is 20.8 Å². The van der Waals surface area contributed by atoms with Gasteiger partial charge in [0.2, 0.25) is 0 Å². The Labute approximate surface area is 126 Å². The first-order chi connectivity index (χ1) is 9.48. The van der Waals surface area contributed by atoms with E-state index in [2.05, 4.69) is 37.9 Å².